The molecule has 1 N–H and O–H groups in total. The molecule has 0 radical (unpaired) electrons. The average molecular weight is 340 g/mol. The zero-order valence-corrected chi connectivity index (χ0v) is 12.8. The number of hydrogen-bond acceptors (Lipinski definition) is 4. The molecular weight excluding hydrogens is 326 g/mol. The second-order valence-electron chi connectivity index (χ2n) is 4.34. The fourth-order valence-electron chi connectivity index (χ4n) is 1.77. The van der Waals surface area contributed by atoms with Crippen LogP contribution in [-0.2, 0) is 14.8 Å². The molecule has 17 heavy (non-hydrogen) atoms. The SMILES string of the molecule is CC1OCCC1(C)NS(=O)(=O)c1ccc(Br)s1. The predicted molar refractivity (Wildman–Crippen MR) is 70.8 cm³/mol. The standard InChI is InChI=1S/C10H14BrNO3S2/c1-7-10(2,5-6-15-7)12-17(13,14)9-4-3-8(11)16-9/h3-4,7,12H,5-6H2,1-2H3. The molecule has 1 fully saturated rings. The van der Waals surface area contributed by atoms with Crippen LogP contribution in [0, 0.1) is 0 Å². The third-order valence-corrected chi connectivity index (χ3v) is 6.79. The molecule has 2 rings (SSSR count). The Kier molecular flexibility index (Phi) is 3.66. The molecule has 0 saturated carbocycles. The highest BCUT2D eigenvalue weighted by Crippen LogP contribution is 2.30. The van der Waals surface area contributed by atoms with Gasteiger partial charge in [0.1, 0.15) is 4.21 Å². The van der Waals surface area contributed by atoms with E-state index in [1.165, 1.54) is 11.3 Å². The fourth-order valence-corrected chi connectivity index (χ4v) is 5.27. The van der Waals surface area contributed by atoms with Gasteiger partial charge >= 0.3 is 0 Å². The van der Waals surface area contributed by atoms with E-state index in [4.69, 9.17) is 4.74 Å². The largest absolute Gasteiger partial charge is 0.376 e. The van der Waals surface area contributed by atoms with Crippen molar-refractivity contribution >= 4 is 37.3 Å². The molecule has 1 aliphatic heterocycles. The molecule has 1 saturated heterocycles. The minimum Gasteiger partial charge on any atom is -0.376 e. The first-order valence-corrected chi connectivity index (χ1v) is 8.34. The Morgan fingerprint density at radius 1 is 1.59 bits per heavy atom. The Bertz CT molecular complexity index is 513. The van der Waals surface area contributed by atoms with Crippen LogP contribution in [-0.4, -0.2) is 26.7 Å². The molecule has 2 heterocycles. The van der Waals surface area contributed by atoms with Gasteiger partial charge in [0.25, 0.3) is 10.0 Å². The lowest BCUT2D eigenvalue weighted by atomic mass is 9.97. The van der Waals surface area contributed by atoms with Crippen LogP contribution in [0.15, 0.2) is 20.1 Å². The summed E-state index contributed by atoms with van der Waals surface area (Å²) in [5.41, 5.74) is -0.519. The normalized spacial score (nSPS) is 29.7. The van der Waals surface area contributed by atoms with E-state index in [2.05, 4.69) is 20.7 Å². The van der Waals surface area contributed by atoms with Gasteiger partial charge in [0.05, 0.1) is 15.4 Å². The van der Waals surface area contributed by atoms with E-state index < -0.39 is 15.6 Å². The summed E-state index contributed by atoms with van der Waals surface area (Å²) >= 11 is 4.47. The van der Waals surface area contributed by atoms with Crippen molar-refractivity contribution in [1.29, 1.82) is 0 Å². The molecular formula is C10H14BrNO3S2. The van der Waals surface area contributed by atoms with Gasteiger partial charge in [-0.3, -0.25) is 0 Å². The van der Waals surface area contributed by atoms with Gasteiger partial charge in [0.15, 0.2) is 0 Å². The third-order valence-electron chi connectivity index (χ3n) is 3.07. The zero-order valence-electron chi connectivity index (χ0n) is 9.57. The number of nitrogens with one attached hydrogen (secondary N) is 1. The topological polar surface area (TPSA) is 55.4 Å². The maximum absolute atomic E-state index is 12.2. The summed E-state index contributed by atoms with van der Waals surface area (Å²) < 4.78 is 33.6. The monoisotopic (exact) mass is 339 g/mol. The first kappa shape index (κ1) is 13.5. The van der Waals surface area contributed by atoms with Crippen LogP contribution in [0.3, 0.4) is 0 Å². The van der Waals surface area contributed by atoms with Gasteiger partial charge in [-0.05, 0) is 48.3 Å². The van der Waals surface area contributed by atoms with Crippen LogP contribution < -0.4 is 4.72 Å². The summed E-state index contributed by atoms with van der Waals surface area (Å²) in [6.45, 7) is 4.36. The molecule has 0 aromatic carbocycles. The van der Waals surface area contributed by atoms with Crippen molar-refractivity contribution in [3.8, 4) is 0 Å². The van der Waals surface area contributed by atoms with Crippen molar-refractivity contribution in [2.24, 2.45) is 0 Å². The van der Waals surface area contributed by atoms with Gasteiger partial charge in [-0.25, -0.2) is 13.1 Å². The molecule has 2 atom stereocenters. The van der Waals surface area contributed by atoms with E-state index in [0.717, 1.165) is 3.79 Å². The fraction of sp³-hybridized carbons (Fsp3) is 0.600. The second kappa shape index (κ2) is 4.62. The maximum atomic E-state index is 12.2. The van der Waals surface area contributed by atoms with Crippen molar-refractivity contribution in [1.82, 2.24) is 4.72 Å². The van der Waals surface area contributed by atoms with E-state index in [-0.39, 0.29) is 6.10 Å². The van der Waals surface area contributed by atoms with Gasteiger partial charge < -0.3 is 4.74 Å². The van der Waals surface area contributed by atoms with E-state index in [1.54, 1.807) is 12.1 Å². The molecule has 4 nitrogen and oxygen atoms in total. The van der Waals surface area contributed by atoms with Crippen molar-refractivity contribution in [2.45, 2.75) is 36.1 Å². The van der Waals surface area contributed by atoms with Crippen LogP contribution in [0.25, 0.3) is 0 Å². The molecule has 1 aliphatic rings. The molecule has 0 aliphatic carbocycles. The van der Waals surface area contributed by atoms with Crippen LogP contribution in [0.5, 0.6) is 0 Å². The van der Waals surface area contributed by atoms with Gasteiger partial charge in [-0.15, -0.1) is 11.3 Å². The third kappa shape index (κ3) is 2.73. The lowest BCUT2D eigenvalue weighted by Gasteiger charge is -2.28. The van der Waals surface area contributed by atoms with Crippen LogP contribution in [0.1, 0.15) is 20.3 Å². The van der Waals surface area contributed by atoms with E-state index in [9.17, 15) is 8.42 Å². The lowest BCUT2D eigenvalue weighted by Crippen LogP contribution is -2.50. The molecule has 1 aromatic heterocycles. The summed E-state index contributed by atoms with van der Waals surface area (Å²) in [5.74, 6) is 0. The van der Waals surface area contributed by atoms with E-state index >= 15 is 0 Å². The highest BCUT2D eigenvalue weighted by molar-refractivity contribution is 9.11. The van der Waals surface area contributed by atoms with Crippen LogP contribution in [0.2, 0.25) is 0 Å². The van der Waals surface area contributed by atoms with Crippen molar-refractivity contribution < 1.29 is 13.2 Å². The molecule has 0 amide bonds. The number of halogens is 1. The van der Waals surface area contributed by atoms with Crippen LogP contribution in [0.4, 0.5) is 0 Å². The molecule has 96 valence electrons. The summed E-state index contributed by atoms with van der Waals surface area (Å²) in [4.78, 5) is 0. The van der Waals surface area contributed by atoms with Crippen LogP contribution >= 0.6 is 27.3 Å². The van der Waals surface area contributed by atoms with Gasteiger partial charge in [0.2, 0.25) is 0 Å². The number of hydrogen-bond donors (Lipinski definition) is 1. The van der Waals surface area contributed by atoms with Gasteiger partial charge in [0, 0.05) is 6.61 Å². The predicted octanol–water partition coefficient (Wildman–Crippen LogP) is 2.36. The number of sulfonamides is 1. The van der Waals surface area contributed by atoms with Crippen molar-refractivity contribution in [2.75, 3.05) is 6.61 Å². The number of thiophene rings is 1. The summed E-state index contributed by atoms with van der Waals surface area (Å²) in [7, 11) is -3.46. The molecule has 0 bridgehead atoms. The minimum atomic E-state index is -3.46. The van der Waals surface area contributed by atoms with Gasteiger partial charge in [-0.2, -0.15) is 0 Å². The summed E-state index contributed by atoms with van der Waals surface area (Å²) in [5, 5.41) is 0. The highest BCUT2D eigenvalue weighted by Gasteiger charge is 2.40. The lowest BCUT2D eigenvalue weighted by molar-refractivity contribution is 0.0957. The average Bonchev–Trinajstić information content (AvgIpc) is 2.75. The van der Waals surface area contributed by atoms with Gasteiger partial charge in [-0.1, -0.05) is 0 Å². The first-order chi connectivity index (χ1) is 7.83. The number of ether oxygens (including phenoxy) is 1. The van der Waals surface area contributed by atoms with Crippen molar-refractivity contribution in [3.05, 3.63) is 15.9 Å². The Balaban J connectivity index is 2.23. The van der Waals surface area contributed by atoms with E-state index in [1.807, 2.05) is 13.8 Å². The number of rotatable bonds is 3. The van der Waals surface area contributed by atoms with E-state index in [0.29, 0.717) is 17.2 Å². The zero-order chi connectivity index (χ0) is 12.7. The summed E-state index contributed by atoms with van der Waals surface area (Å²) in [6, 6.07) is 3.33. The smallest absolute Gasteiger partial charge is 0.250 e. The molecule has 1 aromatic rings. The maximum Gasteiger partial charge on any atom is 0.250 e. The van der Waals surface area contributed by atoms with Crippen molar-refractivity contribution in [3.63, 3.8) is 0 Å². The molecule has 2 unspecified atom stereocenters. The molecule has 0 spiro atoms. The Morgan fingerprint density at radius 3 is 2.76 bits per heavy atom. The summed E-state index contributed by atoms with van der Waals surface area (Å²) in [6.07, 6.45) is 0.584. The first-order valence-electron chi connectivity index (χ1n) is 5.24. The minimum absolute atomic E-state index is 0.110. The quantitative estimate of drug-likeness (QED) is 0.919. The second-order valence-corrected chi connectivity index (χ2v) is 8.72. The Morgan fingerprint density at radius 2 is 2.29 bits per heavy atom. The Hall–Kier alpha value is 0.0500. The Labute approximate surface area is 114 Å². The highest BCUT2D eigenvalue weighted by atomic mass is 79.9. The molecule has 7 heteroatoms.